The van der Waals surface area contributed by atoms with E-state index in [9.17, 15) is 5.21 Å². The molecule has 10 heavy (non-hydrogen) atoms. The van der Waals surface area contributed by atoms with Crippen LogP contribution in [0, 0.1) is 5.21 Å². The average Bonchev–Trinajstić information content (AvgIpc) is 1.95. The molecule has 1 aliphatic heterocycles. The second kappa shape index (κ2) is 3.12. The number of quaternary nitrogens is 1. The first-order valence-corrected chi connectivity index (χ1v) is 3.83. The summed E-state index contributed by atoms with van der Waals surface area (Å²) in [4.78, 5) is 4.15. The van der Waals surface area contributed by atoms with Gasteiger partial charge in [-0.3, -0.25) is 0 Å². The van der Waals surface area contributed by atoms with E-state index in [-0.39, 0.29) is 11.1 Å². The Morgan fingerprint density at radius 3 is 3.00 bits per heavy atom. The standard InChI is InChI=1S/C7H14N2O/c1-3-7-8-5-4-6(2)9(7)10/h6,9H,3-5H2,1-2H3. The first kappa shape index (κ1) is 7.69. The number of hydrogen-bond acceptors (Lipinski definition) is 2. The van der Waals surface area contributed by atoms with Gasteiger partial charge in [0.1, 0.15) is 0 Å². The lowest BCUT2D eigenvalue weighted by atomic mass is 10.2. The van der Waals surface area contributed by atoms with E-state index in [4.69, 9.17) is 0 Å². The predicted molar refractivity (Wildman–Crippen MR) is 41.0 cm³/mol. The molecule has 58 valence electrons. The third kappa shape index (κ3) is 1.36. The molecule has 1 rings (SSSR count). The van der Waals surface area contributed by atoms with Crippen molar-refractivity contribution in [2.45, 2.75) is 32.7 Å². The molecule has 1 N–H and O–H groups in total. The lowest BCUT2D eigenvalue weighted by molar-refractivity contribution is -0.781. The highest BCUT2D eigenvalue weighted by Gasteiger charge is 2.18. The second-order valence-electron chi connectivity index (χ2n) is 2.74. The van der Waals surface area contributed by atoms with E-state index in [0.717, 1.165) is 25.2 Å². The van der Waals surface area contributed by atoms with E-state index >= 15 is 0 Å². The van der Waals surface area contributed by atoms with Crippen molar-refractivity contribution < 1.29 is 5.06 Å². The normalized spacial score (nSPS) is 33.7. The van der Waals surface area contributed by atoms with E-state index in [1.54, 1.807) is 0 Å². The fraction of sp³-hybridized carbons (Fsp3) is 0.857. The van der Waals surface area contributed by atoms with Crippen molar-refractivity contribution in [2.24, 2.45) is 4.99 Å². The quantitative estimate of drug-likeness (QED) is 0.513. The summed E-state index contributed by atoms with van der Waals surface area (Å²) < 4.78 is 0. The van der Waals surface area contributed by atoms with Gasteiger partial charge in [0.15, 0.2) is 5.84 Å². The van der Waals surface area contributed by atoms with Gasteiger partial charge in [0.25, 0.3) is 0 Å². The van der Waals surface area contributed by atoms with Crippen molar-refractivity contribution in [3.8, 4) is 0 Å². The number of hydroxylamine groups is 2. The largest absolute Gasteiger partial charge is 0.628 e. The molecule has 0 spiro atoms. The molecule has 0 bridgehead atoms. The Morgan fingerprint density at radius 2 is 2.50 bits per heavy atom. The van der Waals surface area contributed by atoms with E-state index < -0.39 is 0 Å². The van der Waals surface area contributed by atoms with E-state index in [1.807, 2.05) is 13.8 Å². The van der Waals surface area contributed by atoms with Crippen LogP contribution in [0.4, 0.5) is 0 Å². The van der Waals surface area contributed by atoms with Crippen LogP contribution in [0.25, 0.3) is 0 Å². The highest BCUT2D eigenvalue weighted by Crippen LogP contribution is 1.94. The van der Waals surface area contributed by atoms with Crippen molar-refractivity contribution in [3.05, 3.63) is 5.21 Å². The maximum atomic E-state index is 11.2. The Balaban J connectivity index is 2.62. The minimum atomic E-state index is 0.215. The van der Waals surface area contributed by atoms with E-state index in [2.05, 4.69) is 4.99 Å². The Hall–Kier alpha value is -0.410. The zero-order valence-electron chi connectivity index (χ0n) is 6.55. The van der Waals surface area contributed by atoms with Crippen LogP contribution in [-0.4, -0.2) is 18.4 Å². The number of aliphatic imine (C=N–C) groups is 1. The van der Waals surface area contributed by atoms with Gasteiger partial charge in [0.2, 0.25) is 0 Å². The third-order valence-electron chi connectivity index (χ3n) is 1.93. The van der Waals surface area contributed by atoms with Crippen LogP contribution in [0.3, 0.4) is 0 Å². The molecule has 0 radical (unpaired) electrons. The lowest BCUT2D eigenvalue weighted by Gasteiger charge is -2.31. The van der Waals surface area contributed by atoms with Gasteiger partial charge < -0.3 is 10.3 Å². The molecule has 0 aromatic heterocycles. The number of nitrogens with zero attached hydrogens (tertiary/aromatic N) is 1. The fourth-order valence-corrected chi connectivity index (χ4v) is 1.17. The first-order valence-electron chi connectivity index (χ1n) is 3.83. The molecule has 0 saturated carbocycles. The summed E-state index contributed by atoms with van der Waals surface area (Å²) >= 11 is 0. The molecule has 1 heterocycles. The van der Waals surface area contributed by atoms with Gasteiger partial charge in [-0.15, -0.1) is 0 Å². The summed E-state index contributed by atoms with van der Waals surface area (Å²) in [7, 11) is 0. The van der Waals surface area contributed by atoms with Gasteiger partial charge in [-0.25, -0.2) is 4.99 Å². The summed E-state index contributed by atoms with van der Waals surface area (Å²) in [5.74, 6) is 0.791. The molecular weight excluding hydrogens is 128 g/mol. The van der Waals surface area contributed by atoms with Gasteiger partial charge in [0, 0.05) is 12.8 Å². The molecule has 1 aliphatic rings. The number of nitrogens with one attached hydrogen (secondary N) is 1. The van der Waals surface area contributed by atoms with Crippen LogP contribution in [0.1, 0.15) is 26.7 Å². The smallest absolute Gasteiger partial charge is 0.196 e. The maximum Gasteiger partial charge on any atom is 0.196 e. The zero-order valence-corrected chi connectivity index (χ0v) is 6.55. The topological polar surface area (TPSA) is 39.9 Å². The molecule has 0 aromatic carbocycles. The van der Waals surface area contributed by atoms with Crippen LogP contribution < -0.4 is 5.06 Å². The van der Waals surface area contributed by atoms with Crippen molar-refractivity contribution in [3.63, 3.8) is 0 Å². The summed E-state index contributed by atoms with van der Waals surface area (Å²) in [5, 5.41) is 11.5. The van der Waals surface area contributed by atoms with Gasteiger partial charge >= 0.3 is 0 Å². The predicted octanol–water partition coefficient (Wildman–Crippen LogP) is -0.0302. The lowest BCUT2D eigenvalue weighted by Crippen LogP contribution is -3.14. The number of hydrogen-bond donors (Lipinski definition) is 1. The number of amidine groups is 1. The van der Waals surface area contributed by atoms with Crippen molar-refractivity contribution in [1.82, 2.24) is 0 Å². The molecule has 2 unspecified atom stereocenters. The maximum absolute atomic E-state index is 11.2. The summed E-state index contributed by atoms with van der Waals surface area (Å²) in [6.07, 6.45) is 1.73. The SMILES string of the molecule is CCC1=NCCC(C)[NH+]1[O-]. The van der Waals surface area contributed by atoms with Crippen molar-refractivity contribution >= 4 is 5.84 Å². The second-order valence-corrected chi connectivity index (χ2v) is 2.74. The van der Waals surface area contributed by atoms with Gasteiger partial charge in [-0.1, -0.05) is 6.92 Å². The highest BCUT2D eigenvalue weighted by atomic mass is 16.5. The first-order chi connectivity index (χ1) is 4.75. The molecule has 0 amide bonds. The van der Waals surface area contributed by atoms with Crippen LogP contribution in [0.15, 0.2) is 4.99 Å². The summed E-state index contributed by atoms with van der Waals surface area (Å²) in [6, 6.07) is 0.215. The van der Waals surface area contributed by atoms with Crippen molar-refractivity contribution in [2.75, 3.05) is 6.54 Å². The van der Waals surface area contributed by atoms with E-state index in [0.29, 0.717) is 0 Å². The Labute approximate surface area is 61.3 Å². The zero-order chi connectivity index (χ0) is 7.56. The molecule has 2 atom stereocenters. The monoisotopic (exact) mass is 142 g/mol. The third-order valence-corrected chi connectivity index (χ3v) is 1.93. The number of rotatable bonds is 1. The van der Waals surface area contributed by atoms with E-state index in [1.165, 1.54) is 0 Å². The van der Waals surface area contributed by atoms with Crippen LogP contribution in [-0.2, 0) is 0 Å². The summed E-state index contributed by atoms with van der Waals surface area (Å²) in [6.45, 7) is 4.80. The molecule has 0 saturated heterocycles. The van der Waals surface area contributed by atoms with Crippen LogP contribution in [0.5, 0.6) is 0 Å². The van der Waals surface area contributed by atoms with Gasteiger partial charge in [0.05, 0.1) is 12.6 Å². The molecule has 3 nitrogen and oxygen atoms in total. The van der Waals surface area contributed by atoms with Gasteiger partial charge in [-0.2, -0.15) is 0 Å². The Morgan fingerprint density at radius 1 is 1.80 bits per heavy atom. The molecule has 0 fully saturated rings. The molecule has 3 heteroatoms. The molecule has 0 aromatic rings. The molecular formula is C7H14N2O. The fourth-order valence-electron chi connectivity index (χ4n) is 1.17. The van der Waals surface area contributed by atoms with Crippen molar-refractivity contribution in [1.29, 1.82) is 0 Å². The molecule has 0 aliphatic carbocycles. The Kier molecular flexibility index (Phi) is 2.40. The Bertz CT molecular complexity index is 145. The van der Waals surface area contributed by atoms with Gasteiger partial charge in [-0.05, 0) is 6.92 Å². The minimum absolute atomic E-state index is 0.215. The highest BCUT2D eigenvalue weighted by molar-refractivity contribution is 5.73. The summed E-state index contributed by atoms with van der Waals surface area (Å²) in [5.41, 5.74) is 0. The minimum Gasteiger partial charge on any atom is -0.628 e. The average molecular weight is 142 g/mol. The van der Waals surface area contributed by atoms with Crippen LogP contribution in [0.2, 0.25) is 0 Å². The van der Waals surface area contributed by atoms with Crippen LogP contribution >= 0.6 is 0 Å².